The van der Waals surface area contributed by atoms with E-state index in [9.17, 15) is 0 Å². The van der Waals surface area contributed by atoms with E-state index < -0.39 is 37.2 Å². The van der Waals surface area contributed by atoms with E-state index >= 15 is 0 Å². The van der Waals surface area contributed by atoms with Crippen molar-refractivity contribution in [2.24, 2.45) is 0 Å². The van der Waals surface area contributed by atoms with Crippen LogP contribution in [0.1, 0.15) is 0 Å². The summed E-state index contributed by atoms with van der Waals surface area (Å²) >= 11 is -8.17. The van der Waals surface area contributed by atoms with Crippen molar-refractivity contribution in [2.45, 2.75) is 0 Å². The molecule has 0 amide bonds. The first kappa shape index (κ1) is 22.8. The molecule has 0 heterocycles. The van der Waals surface area contributed by atoms with Gasteiger partial charge in [-0.2, -0.15) is 0 Å². The molecule has 0 fully saturated rings. The molecule has 10 heteroatoms. The monoisotopic (exact) mass is 242 g/mol. The molecule has 0 radical (unpaired) electrons. The molecule has 6 nitrogen and oxygen atoms in total. The van der Waals surface area contributed by atoms with Crippen molar-refractivity contribution in [3.63, 3.8) is 0 Å². The van der Waals surface area contributed by atoms with Crippen LogP contribution in [0.5, 0.6) is 0 Å². The summed E-state index contributed by atoms with van der Waals surface area (Å²) in [6.07, 6.45) is 0. The zero-order valence-corrected chi connectivity index (χ0v) is 11.3. The van der Waals surface area contributed by atoms with Crippen molar-refractivity contribution < 1.29 is 88.2 Å². The average molecular weight is 242 g/mol. The van der Waals surface area contributed by atoms with Gasteiger partial charge in [-0.05, 0) is 0 Å². The van der Waals surface area contributed by atoms with Gasteiger partial charge in [-0.15, -0.1) is 0 Å². The molecule has 48 valence electrons. The quantitative estimate of drug-likeness (QED) is 0.388. The summed E-state index contributed by atoms with van der Waals surface area (Å²) in [5.41, 5.74) is 0. The molecular weight excluding hydrogens is 242 g/mol. The van der Waals surface area contributed by atoms with Crippen molar-refractivity contribution in [3.05, 3.63) is 0 Å². The van der Waals surface area contributed by atoms with Crippen LogP contribution in [-0.2, 0) is 43.9 Å². The van der Waals surface area contributed by atoms with Crippen LogP contribution in [0.2, 0.25) is 0 Å². The third kappa shape index (κ3) is 159. The van der Waals surface area contributed by atoms with Gasteiger partial charge >= 0.3 is 106 Å². The van der Waals surface area contributed by atoms with E-state index in [-0.39, 0.29) is 46.9 Å². The standard InChI is InChI=1S/Al.Na.6O.2Ti/q+3;+1;;;4*-1;;. The number of hydrogen-bond donors (Lipinski definition) is 0. The van der Waals surface area contributed by atoms with Gasteiger partial charge in [0.2, 0.25) is 0 Å². The van der Waals surface area contributed by atoms with Crippen molar-refractivity contribution >= 4 is 17.4 Å². The van der Waals surface area contributed by atoms with Crippen LogP contribution in [0.4, 0.5) is 0 Å². The first-order valence-electron chi connectivity index (χ1n) is 1.22. The van der Waals surface area contributed by atoms with Crippen molar-refractivity contribution in [3.8, 4) is 0 Å². The SMILES string of the molecule is [Al+3].[Na+].[O]=[Ti]([O-])[O-].[O]=[Ti]([O-])[O-]. The van der Waals surface area contributed by atoms with E-state index in [1.54, 1.807) is 0 Å². The zero-order chi connectivity index (χ0) is 7.15. The Hall–Kier alpha value is 2.40. The summed E-state index contributed by atoms with van der Waals surface area (Å²) in [6, 6.07) is 0. The second kappa shape index (κ2) is 17.5. The van der Waals surface area contributed by atoms with Gasteiger partial charge < -0.3 is 0 Å². The fourth-order valence-corrected chi connectivity index (χ4v) is 0. The van der Waals surface area contributed by atoms with Gasteiger partial charge in [0.25, 0.3) is 0 Å². The molecular formula is AlNaO6Ti2. The predicted octanol–water partition coefficient (Wildman–Crippen LogP) is -8.38. The first-order valence-corrected chi connectivity index (χ1v) is 5.05. The maximum absolute atomic E-state index is 8.58. The molecule has 0 saturated carbocycles. The van der Waals surface area contributed by atoms with E-state index in [2.05, 4.69) is 0 Å². The molecule has 0 aliphatic rings. The Kier molecular flexibility index (Phi) is 39.9. The Balaban J connectivity index is -0.0000000300. The van der Waals surface area contributed by atoms with Crippen molar-refractivity contribution in [1.82, 2.24) is 0 Å². The van der Waals surface area contributed by atoms with Crippen molar-refractivity contribution in [2.75, 3.05) is 0 Å². The van der Waals surface area contributed by atoms with Gasteiger partial charge in [0.1, 0.15) is 0 Å². The molecule has 0 N–H and O–H groups in total. The van der Waals surface area contributed by atoms with E-state index in [0.29, 0.717) is 0 Å². The Morgan fingerprint density at radius 3 is 0.800 bits per heavy atom. The number of hydrogen-bond acceptors (Lipinski definition) is 6. The van der Waals surface area contributed by atoms with Crippen LogP contribution < -0.4 is 44.3 Å². The van der Waals surface area contributed by atoms with Gasteiger partial charge in [-0.1, -0.05) is 0 Å². The van der Waals surface area contributed by atoms with Gasteiger partial charge in [-0.25, -0.2) is 0 Å². The minimum atomic E-state index is -4.08. The van der Waals surface area contributed by atoms with Crippen LogP contribution >= 0.6 is 0 Å². The van der Waals surface area contributed by atoms with E-state index in [0.717, 1.165) is 0 Å². The molecule has 0 rings (SSSR count). The predicted molar refractivity (Wildman–Crippen MR) is 7.13 cm³/mol. The Labute approximate surface area is 104 Å². The maximum atomic E-state index is 8.58. The second-order valence-electron chi connectivity index (χ2n) is 0.500. The second-order valence-corrected chi connectivity index (χ2v) is 2.06. The molecule has 0 aliphatic carbocycles. The third-order valence-corrected chi connectivity index (χ3v) is 0. The molecule has 10 heavy (non-hydrogen) atoms. The molecule has 0 saturated heterocycles. The average Bonchev–Trinajstić information content (AvgIpc) is 1.25. The Morgan fingerprint density at radius 1 is 0.800 bits per heavy atom. The fourth-order valence-electron chi connectivity index (χ4n) is 0. The summed E-state index contributed by atoms with van der Waals surface area (Å²) in [6.45, 7) is 0. The molecule has 0 unspecified atom stereocenters. The molecule has 0 atom stereocenters. The summed E-state index contributed by atoms with van der Waals surface area (Å²) in [4.78, 5) is 0. The summed E-state index contributed by atoms with van der Waals surface area (Å²) in [7, 11) is 0. The van der Waals surface area contributed by atoms with Crippen LogP contribution in [0.3, 0.4) is 0 Å². The normalized spacial score (nSPS) is 5.20. The number of rotatable bonds is 0. The Bertz CT molecular complexity index is 73.7. The Morgan fingerprint density at radius 2 is 0.800 bits per heavy atom. The molecule has 0 bridgehead atoms. The van der Waals surface area contributed by atoms with E-state index in [4.69, 9.17) is 21.4 Å². The molecule has 0 aromatic heterocycles. The molecule has 0 aromatic carbocycles. The molecule has 0 spiro atoms. The molecule has 0 aromatic rings. The topological polar surface area (TPSA) is 126 Å². The zero-order valence-electron chi connectivity index (χ0n) is 5.03. The van der Waals surface area contributed by atoms with Crippen LogP contribution in [0.15, 0.2) is 0 Å². The van der Waals surface area contributed by atoms with Gasteiger partial charge in [0.05, 0.1) is 0 Å². The minimum absolute atomic E-state index is 0. The van der Waals surface area contributed by atoms with Crippen LogP contribution in [-0.4, -0.2) is 17.4 Å². The summed E-state index contributed by atoms with van der Waals surface area (Å²) < 4.78 is 51.5. The molecule has 0 aliphatic heterocycles. The van der Waals surface area contributed by atoms with E-state index in [1.165, 1.54) is 0 Å². The van der Waals surface area contributed by atoms with Gasteiger partial charge in [-0.3, -0.25) is 0 Å². The third-order valence-electron chi connectivity index (χ3n) is 0. The van der Waals surface area contributed by atoms with Gasteiger partial charge in [0, 0.05) is 0 Å². The van der Waals surface area contributed by atoms with Gasteiger partial charge in [0.15, 0.2) is 0 Å². The summed E-state index contributed by atoms with van der Waals surface area (Å²) in [5, 5.41) is 0. The van der Waals surface area contributed by atoms with Crippen LogP contribution in [0.25, 0.3) is 0 Å². The summed E-state index contributed by atoms with van der Waals surface area (Å²) in [5.74, 6) is 0. The fraction of sp³-hybridized carbons (Fsp3) is 0. The van der Waals surface area contributed by atoms with E-state index in [1.807, 2.05) is 0 Å². The van der Waals surface area contributed by atoms with Crippen molar-refractivity contribution in [1.29, 1.82) is 0 Å². The first-order chi connectivity index (χ1) is 3.46. The van der Waals surface area contributed by atoms with Crippen LogP contribution in [0, 0.1) is 0 Å².